The van der Waals surface area contributed by atoms with E-state index in [1.165, 1.54) is 24.3 Å². The summed E-state index contributed by atoms with van der Waals surface area (Å²) in [5.74, 6) is 0.339. The number of epoxide rings is 2. The van der Waals surface area contributed by atoms with Crippen LogP contribution in [0.3, 0.4) is 0 Å². The van der Waals surface area contributed by atoms with Gasteiger partial charge in [0.2, 0.25) is 0 Å². The number of aromatic hydroxyl groups is 2. The number of ether oxygens (including phenoxy) is 3. The average Bonchev–Trinajstić information content (AvgIpc) is 3.16. The second-order valence-corrected chi connectivity index (χ2v) is 3.96. The first-order valence-corrected chi connectivity index (χ1v) is 5.53. The SMILES string of the molecule is C(OCC1CO1)C1CO1.Oc1ccc(O)cc1. The summed E-state index contributed by atoms with van der Waals surface area (Å²) in [4.78, 5) is 0. The number of phenolic OH excluding ortho intramolecular Hbond substituents is 2. The summed E-state index contributed by atoms with van der Waals surface area (Å²) in [6.07, 6.45) is 0.785. The predicted molar refractivity (Wildman–Crippen MR) is 60.1 cm³/mol. The highest BCUT2D eigenvalue weighted by Crippen LogP contribution is 2.13. The highest BCUT2D eigenvalue weighted by molar-refractivity contribution is 5.28. The van der Waals surface area contributed by atoms with Crippen LogP contribution in [0.25, 0.3) is 0 Å². The molecule has 17 heavy (non-hydrogen) atoms. The minimum atomic E-state index is 0.169. The number of hydrogen-bond acceptors (Lipinski definition) is 5. The fourth-order valence-electron chi connectivity index (χ4n) is 1.11. The quantitative estimate of drug-likeness (QED) is 0.604. The van der Waals surface area contributed by atoms with Crippen LogP contribution < -0.4 is 0 Å². The van der Waals surface area contributed by atoms with E-state index in [4.69, 9.17) is 24.4 Å². The summed E-state index contributed by atoms with van der Waals surface area (Å²) >= 11 is 0. The van der Waals surface area contributed by atoms with Gasteiger partial charge in [-0.2, -0.15) is 0 Å². The lowest BCUT2D eigenvalue weighted by Gasteiger charge is -1.95. The molecule has 94 valence electrons. The van der Waals surface area contributed by atoms with Gasteiger partial charge in [0.25, 0.3) is 0 Å². The van der Waals surface area contributed by atoms with E-state index in [-0.39, 0.29) is 11.5 Å². The van der Waals surface area contributed by atoms with Crippen LogP contribution in [0.1, 0.15) is 0 Å². The normalized spacial score (nSPS) is 24.7. The molecule has 0 aromatic heterocycles. The standard InChI is InChI=1S/C6H10O3.C6H6O2/c1(5-3-8-5)7-2-6-4-9-6;7-5-1-2-6(8)4-3-5/h5-6H,1-4H2;1-4,7-8H. The topological polar surface area (TPSA) is 74.8 Å². The number of benzene rings is 1. The van der Waals surface area contributed by atoms with Crippen LogP contribution in [0.2, 0.25) is 0 Å². The molecule has 2 aliphatic rings. The van der Waals surface area contributed by atoms with Gasteiger partial charge in [0.1, 0.15) is 23.7 Å². The Morgan fingerprint density at radius 1 is 0.941 bits per heavy atom. The Morgan fingerprint density at radius 3 is 1.59 bits per heavy atom. The van der Waals surface area contributed by atoms with Crippen LogP contribution in [0.5, 0.6) is 11.5 Å². The van der Waals surface area contributed by atoms with E-state index >= 15 is 0 Å². The lowest BCUT2D eigenvalue weighted by atomic mass is 10.3. The van der Waals surface area contributed by atoms with Gasteiger partial charge in [-0.15, -0.1) is 0 Å². The Morgan fingerprint density at radius 2 is 1.29 bits per heavy atom. The molecule has 2 N–H and O–H groups in total. The van der Waals surface area contributed by atoms with Crippen molar-refractivity contribution in [1.82, 2.24) is 0 Å². The zero-order valence-electron chi connectivity index (χ0n) is 9.41. The summed E-state index contributed by atoms with van der Waals surface area (Å²) in [5, 5.41) is 17.3. The molecule has 3 rings (SSSR count). The van der Waals surface area contributed by atoms with Crippen LogP contribution in [-0.4, -0.2) is 48.8 Å². The Balaban J connectivity index is 0.000000128. The molecule has 5 nitrogen and oxygen atoms in total. The third-order valence-corrected chi connectivity index (χ3v) is 2.26. The van der Waals surface area contributed by atoms with E-state index in [0.717, 1.165) is 26.4 Å². The third kappa shape index (κ3) is 5.53. The Kier molecular flexibility index (Phi) is 4.19. The molecule has 2 aliphatic heterocycles. The first kappa shape index (κ1) is 12.2. The van der Waals surface area contributed by atoms with Gasteiger partial charge >= 0.3 is 0 Å². The first-order valence-electron chi connectivity index (χ1n) is 5.53. The second kappa shape index (κ2) is 5.86. The number of phenols is 2. The lowest BCUT2D eigenvalue weighted by Crippen LogP contribution is -2.06. The zero-order chi connectivity index (χ0) is 12.1. The molecule has 1 aromatic rings. The summed E-state index contributed by atoms with van der Waals surface area (Å²) < 4.78 is 15.1. The molecule has 0 aliphatic carbocycles. The molecular formula is C12H16O5. The maximum absolute atomic E-state index is 8.65. The van der Waals surface area contributed by atoms with Gasteiger partial charge in [0, 0.05) is 0 Å². The molecule has 0 amide bonds. The Bertz CT molecular complexity index is 296. The molecular weight excluding hydrogens is 224 g/mol. The smallest absolute Gasteiger partial charge is 0.115 e. The zero-order valence-corrected chi connectivity index (χ0v) is 9.41. The highest BCUT2D eigenvalue weighted by Gasteiger charge is 2.26. The van der Waals surface area contributed by atoms with E-state index in [0.29, 0.717) is 12.2 Å². The Hall–Kier alpha value is -1.30. The van der Waals surface area contributed by atoms with Gasteiger partial charge in [-0.25, -0.2) is 0 Å². The van der Waals surface area contributed by atoms with Crippen molar-refractivity contribution in [2.24, 2.45) is 0 Å². The van der Waals surface area contributed by atoms with Gasteiger partial charge in [-0.05, 0) is 24.3 Å². The summed E-state index contributed by atoms with van der Waals surface area (Å²) in [6, 6.07) is 5.70. The minimum absolute atomic E-state index is 0.169. The lowest BCUT2D eigenvalue weighted by molar-refractivity contribution is 0.102. The maximum Gasteiger partial charge on any atom is 0.115 e. The van der Waals surface area contributed by atoms with E-state index in [9.17, 15) is 0 Å². The third-order valence-electron chi connectivity index (χ3n) is 2.26. The van der Waals surface area contributed by atoms with Crippen molar-refractivity contribution in [2.45, 2.75) is 12.2 Å². The fraction of sp³-hybridized carbons (Fsp3) is 0.500. The van der Waals surface area contributed by atoms with Gasteiger partial charge in [0.05, 0.1) is 26.4 Å². The molecule has 0 saturated carbocycles. The van der Waals surface area contributed by atoms with Crippen molar-refractivity contribution in [1.29, 1.82) is 0 Å². The number of hydrogen-bond donors (Lipinski definition) is 2. The predicted octanol–water partition coefficient (Wildman–Crippen LogP) is 0.898. The molecule has 2 heterocycles. The van der Waals surface area contributed by atoms with E-state index in [1.807, 2.05) is 0 Å². The van der Waals surface area contributed by atoms with E-state index in [1.54, 1.807) is 0 Å². The van der Waals surface area contributed by atoms with Gasteiger partial charge in [0.15, 0.2) is 0 Å². The van der Waals surface area contributed by atoms with Crippen molar-refractivity contribution in [3.05, 3.63) is 24.3 Å². The first-order chi connectivity index (χ1) is 8.24. The molecule has 1 aromatic carbocycles. The molecule has 2 unspecified atom stereocenters. The van der Waals surface area contributed by atoms with Crippen molar-refractivity contribution < 1.29 is 24.4 Å². The molecule has 0 spiro atoms. The van der Waals surface area contributed by atoms with E-state index < -0.39 is 0 Å². The monoisotopic (exact) mass is 240 g/mol. The van der Waals surface area contributed by atoms with Crippen LogP contribution in [-0.2, 0) is 14.2 Å². The van der Waals surface area contributed by atoms with Crippen LogP contribution in [0, 0.1) is 0 Å². The molecule has 2 atom stereocenters. The van der Waals surface area contributed by atoms with Gasteiger partial charge in [-0.1, -0.05) is 0 Å². The van der Waals surface area contributed by atoms with Crippen molar-refractivity contribution in [2.75, 3.05) is 26.4 Å². The van der Waals surface area contributed by atoms with Crippen LogP contribution >= 0.6 is 0 Å². The average molecular weight is 240 g/mol. The largest absolute Gasteiger partial charge is 0.508 e. The van der Waals surface area contributed by atoms with Crippen molar-refractivity contribution in [3.63, 3.8) is 0 Å². The van der Waals surface area contributed by atoms with Gasteiger partial charge < -0.3 is 24.4 Å². The van der Waals surface area contributed by atoms with Crippen LogP contribution in [0.15, 0.2) is 24.3 Å². The fourth-order valence-corrected chi connectivity index (χ4v) is 1.11. The summed E-state index contributed by atoms with van der Waals surface area (Å²) in [5.41, 5.74) is 0. The highest BCUT2D eigenvalue weighted by atomic mass is 16.6. The number of rotatable bonds is 4. The molecule has 0 radical (unpaired) electrons. The minimum Gasteiger partial charge on any atom is -0.508 e. The van der Waals surface area contributed by atoms with Crippen molar-refractivity contribution >= 4 is 0 Å². The molecule has 5 heteroatoms. The summed E-state index contributed by atoms with van der Waals surface area (Å²) in [6.45, 7) is 3.26. The molecule has 2 saturated heterocycles. The second-order valence-electron chi connectivity index (χ2n) is 3.96. The maximum atomic E-state index is 8.65. The van der Waals surface area contributed by atoms with Crippen molar-refractivity contribution in [3.8, 4) is 11.5 Å². The molecule has 0 bridgehead atoms. The molecule has 2 fully saturated rings. The van der Waals surface area contributed by atoms with E-state index in [2.05, 4.69) is 0 Å². The van der Waals surface area contributed by atoms with Crippen LogP contribution in [0.4, 0.5) is 0 Å². The Labute approximate surface area is 99.5 Å². The van der Waals surface area contributed by atoms with Gasteiger partial charge in [-0.3, -0.25) is 0 Å². The summed E-state index contributed by atoms with van der Waals surface area (Å²) in [7, 11) is 0.